The standard InChI is InChI=1S/C19H27N5O/c1-16-15-18(22(2)3)21-19(20-16)24-11-9-23(10-12-24)13-14-25-17-7-5-4-6-8-17/h4-8,15H,9-14H2,1-3H3. The number of aromatic nitrogens is 2. The molecule has 1 saturated heterocycles. The lowest BCUT2D eigenvalue weighted by molar-refractivity contribution is 0.200. The highest BCUT2D eigenvalue weighted by Gasteiger charge is 2.19. The van der Waals surface area contributed by atoms with Crippen LogP contribution in [0.2, 0.25) is 0 Å². The Bertz CT molecular complexity index is 669. The molecule has 0 unspecified atom stereocenters. The fraction of sp³-hybridized carbons (Fsp3) is 0.474. The molecule has 0 radical (unpaired) electrons. The molecule has 134 valence electrons. The SMILES string of the molecule is Cc1cc(N(C)C)nc(N2CCN(CCOc3ccccc3)CC2)n1. The monoisotopic (exact) mass is 341 g/mol. The zero-order chi connectivity index (χ0) is 17.6. The second kappa shape index (κ2) is 8.16. The second-order valence-electron chi connectivity index (χ2n) is 6.55. The molecule has 1 aromatic heterocycles. The molecule has 0 aliphatic carbocycles. The van der Waals surface area contributed by atoms with Crippen LogP contribution in [0.5, 0.6) is 5.75 Å². The van der Waals surface area contributed by atoms with E-state index >= 15 is 0 Å². The first kappa shape index (κ1) is 17.5. The highest BCUT2D eigenvalue weighted by Crippen LogP contribution is 2.17. The molecule has 0 spiro atoms. The normalized spacial score (nSPS) is 15.2. The van der Waals surface area contributed by atoms with Gasteiger partial charge in [-0.15, -0.1) is 0 Å². The number of piperazine rings is 1. The highest BCUT2D eigenvalue weighted by molar-refractivity contribution is 5.45. The molecule has 0 amide bonds. The summed E-state index contributed by atoms with van der Waals surface area (Å²) >= 11 is 0. The van der Waals surface area contributed by atoms with Crippen LogP contribution in [-0.4, -0.2) is 68.3 Å². The minimum Gasteiger partial charge on any atom is -0.492 e. The van der Waals surface area contributed by atoms with Gasteiger partial charge in [0.05, 0.1) is 0 Å². The fourth-order valence-corrected chi connectivity index (χ4v) is 2.89. The Kier molecular flexibility index (Phi) is 5.71. The van der Waals surface area contributed by atoms with E-state index in [1.54, 1.807) is 0 Å². The third-order valence-electron chi connectivity index (χ3n) is 4.36. The van der Waals surface area contributed by atoms with Crippen molar-refractivity contribution in [1.82, 2.24) is 14.9 Å². The van der Waals surface area contributed by atoms with Crippen molar-refractivity contribution in [2.24, 2.45) is 0 Å². The predicted octanol–water partition coefficient (Wildman–Crippen LogP) is 2.05. The molecule has 1 fully saturated rings. The van der Waals surface area contributed by atoms with Gasteiger partial charge in [0, 0.05) is 58.6 Å². The zero-order valence-corrected chi connectivity index (χ0v) is 15.4. The third kappa shape index (κ3) is 4.82. The molecule has 0 N–H and O–H groups in total. The smallest absolute Gasteiger partial charge is 0.227 e. The molecule has 1 aromatic carbocycles. The minimum atomic E-state index is 0.718. The number of anilines is 2. The van der Waals surface area contributed by atoms with Crippen LogP contribution in [0.25, 0.3) is 0 Å². The summed E-state index contributed by atoms with van der Waals surface area (Å²) < 4.78 is 5.79. The quantitative estimate of drug-likeness (QED) is 0.801. The van der Waals surface area contributed by atoms with Crippen molar-refractivity contribution in [3.05, 3.63) is 42.1 Å². The van der Waals surface area contributed by atoms with Crippen molar-refractivity contribution in [2.75, 3.05) is 63.2 Å². The van der Waals surface area contributed by atoms with Crippen molar-refractivity contribution in [3.8, 4) is 5.75 Å². The van der Waals surface area contributed by atoms with E-state index in [1.165, 1.54) is 0 Å². The Hall–Kier alpha value is -2.34. The van der Waals surface area contributed by atoms with Crippen molar-refractivity contribution in [1.29, 1.82) is 0 Å². The number of hydrogen-bond acceptors (Lipinski definition) is 6. The average molecular weight is 341 g/mol. The van der Waals surface area contributed by atoms with Crippen LogP contribution in [0.3, 0.4) is 0 Å². The summed E-state index contributed by atoms with van der Waals surface area (Å²) in [6.45, 7) is 7.59. The lowest BCUT2D eigenvalue weighted by Crippen LogP contribution is -2.48. The van der Waals surface area contributed by atoms with Gasteiger partial charge in [0.2, 0.25) is 5.95 Å². The Labute approximate surface area is 150 Å². The lowest BCUT2D eigenvalue weighted by atomic mass is 10.3. The summed E-state index contributed by atoms with van der Waals surface area (Å²) in [4.78, 5) is 16.0. The zero-order valence-electron chi connectivity index (χ0n) is 15.4. The molecular weight excluding hydrogens is 314 g/mol. The van der Waals surface area contributed by atoms with Crippen LogP contribution in [0, 0.1) is 6.92 Å². The molecular formula is C19H27N5O. The maximum Gasteiger partial charge on any atom is 0.227 e. The summed E-state index contributed by atoms with van der Waals surface area (Å²) in [6, 6.07) is 12.0. The summed E-state index contributed by atoms with van der Waals surface area (Å²) in [5.74, 6) is 2.73. The van der Waals surface area contributed by atoms with Gasteiger partial charge in [0.1, 0.15) is 18.2 Å². The number of nitrogens with zero attached hydrogens (tertiary/aromatic N) is 5. The Balaban J connectivity index is 1.48. The third-order valence-corrected chi connectivity index (χ3v) is 4.36. The first-order valence-electron chi connectivity index (χ1n) is 8.80. The fourth-order valence-electron chi connectivity index (χ4n) is 2.89. The molecule has 0 atom stereocenters. The maximum atomic E-state index is 5.79. The summed E-state index contributed by atoms with van der Waals surface area (Å²) in [6.07, 6.45) is 0. The summed E-state index contributed by atoms with van der Waals surface area (Å²) in [7, 11) is 4.02. The molecule has 1 aliphatic heterocycles. The largest absolute Gasteiger partial charge is 0.492 e. The topological polar surface area (TPSA) is 44.7 Å². The number of ether oxygens (including phenoxy) is 1. The second-order valence-corrected chi connectivity index (χ2v) is 6.55. The van der Waals surface area contributed by atoms with Crippen LogP contribution >= 0.6 is 0 Å². The molecule has 0 saturated carbocycles. The van der Waals surface area contributed by atoms with Crippen molar-refractivity contribution < 1.29 is 4.74 Å². The van der Waals surface area contributed by atoms with Crippen LogP contribution in [0.15, 0.2) is 36.4 Å². The lowest BCUT2D eigenvalue weighted by Gasteiger charge is -2.35. The van der Waals surface area contributed by atoms with Gasteiger partial charge in [0.15, 0.2) is 0 Å². The van der Waals surface area contributed by atoms with E-state index in [2.05, 4.69) is 19.8 Å². The van der Waals surface area contributed by atoms with Gasteiger partial charge < -0.3 is 14.5 Å². The van der Waals surface area contributed by atoms with Gasteiger partial charge in [-0.05, 0) is 19.1 Å². The molecule has 6 heteroatoms. The molecule has 25 heavy (non-hydrogen) atoms. The van der Waals surface area contributed by atoms with Gasteiger partial charge >= 0.3 is 0 Å². The van der Waals surface area contributed by atoms with Crippen LogP contribution in [0.1, 0.15) is 5.69 Å². The van der Waals surface area contributed by atoms with Crippen LogP contribution in [0.4, 0.5) is 11.8 Å². The van der Waals surface area contributed by atoms with Gasteiger partial charge in [0.25, 0.3) is 0 Å². The van der Waals surface area contributed by atoms with E-state index in [1.807, 2.05) is 62.3 Å². The van der Waals surface area contributed by atoms with Gasteiger partial charge in [-0.3, -0.25) is 4.90 Å². The average Bonchev–Trinajstić information content (AvgIpc) is 2.62. The van der Waals surface area contributed by atoms with E-state index in [9.17, 15) is 0 Å². The van der Waals surface area contributed by atoms with E-state index < -0.39 is 0 Å². The van der Waals surface area contributed by atoms with Gasteiger partial charge in [-0.1, -0.05) is 18.2 Å². The van der Waals surface area contributed by atoms with Crippen molar-refractivity contribution in [3.63, 3.8) is 0 Å². The molecule has 1 aliphatic rings. The van der Waals surface area contributed by atoms with E-state index in [0.717, 1.165) is 62.5 Å². The number of benzene rings is 1. The Morgan fingerprint density at radius 3 is 2.44 bits per heavy atom. The molecule has 0 bridgehead atoms. The number of para-hydroxylation sites is 1. The Morgan fingerprint density at radius 2 is 1.76 bits per heavy atom. The summed E-state index contributed by atoms with van der Waals surface area (Å²) in [5.41, 5.74) is 1.01. The first-order valence-corrected chi connectivity index (χ1v) is 8.80. The maximum absolute atomic E-state index is 5.79. The number of rotatable bonds is 6. The summed E-state index contributed by atoms with van der Waals surface area (Å²) in [5, 5.41) is 0. The van der Waals surface area contributed by atoms with E-state index in [4.69, 9.17) is 4.74 Å². The predicted molar refractivity (Wildman–Crippen MR) is 102 cm³/mol. The van der Waals surface area contributed by atoms with Crippen LogP contribution < -0.4 is 14.5 Å². The van der Waals surface area contributed by atoms with Gasteiger partial charge in [-0.25, -0.2) is 4.98 Å². The van der Waals surface area contributed by atoms with Crippen molar-refractivity contribution >= 4 is 11.8 Å². The van der Waals surface area contributed by atoms with E-state index in [0.29, 0.717) is 0 Å². The molecule has 2 aromatic rings. The van der Waals surface area contributed by atoms with Gasteiger partial charge in [-0.2, -0.15) is 4.98 Å². The Morgan fingerprint density at radius 1 is 1.04 bits per heavy atom. The van der Waals surface area contributed by atoms with E-state index in [-0.39, 0.29) is 0 Å². The van der Waals surface area contributed by atoms with Crippen molar-refractivity contribution in [2.45, 2.75) is 6.92 Å². The first-order chi connectivity index (χ1) is 12.1. The number of aryl methyl sites for hydroxylation is 1. The molecule has 3 rings (SSSR count). The molecule has 2 heterocycles. The molecule has 6 nitrogen and oxygen atoms in total. The number of hydrogen-bond donors (Lipinski definition) is 0. The van der Waals surface area contributed by atoms with Crippen LogP contribution in [-0.2, 0) is 0 Å². The minimum absolute atomic E-state index is 0.718. The highest BCUT2D eigenvalue weighted by atomic mass is 16.5.